The van der Waals surface area contributed by atoms with Crippen LogP contribution in [0, 0.1) is 3.57 Å². The van der Waals surface area contributed by atoms with Gasteiger partial charge in [0.2, 0.25) is 0 Å². The average Bonchev–Trinajstić information content (AvgIpc) is 2.55. The largest absolute Gasteiger partial charge is 0.300 e. The summed E-state index contributed by atoms with van der Waals surface area (Å²) in [5.74, 6) is 1.17. The van der Waals surface area contributed by atoms with E-state index in [0.29, 0.717) is 24.7 Å². The predicted molar refractivity (Wildman–Crippen MR) is 121 cm³/mol. The third kappa shape index (κ3) is 9.08. The molecule has 0 amide bonds. The minimum Gasteiger partial charge on any atom is -0.300 e. The van der Waals surface area contributed by atoms with Gasteiger partial charge in [-0.3, -0.25) is 0 Å². The summed E-state index contributed by atoms with van der Waals surface area (Å²) in [5.41, 5.74) is 2.47. The van der Waals surface area contributed by atoms with E-state index in [4.69, 9.17) is 0 Å². The smallest absolute Gasteiger partial charge is 0.130 e. The quantitative estimate of drug-likeness (QED) is 0.382. The minimum atomic E-state index is 0.246. The molecule has 0 radical (unpaired) electrons. The molecule has 26 heavy (non-hydrogen) atoms. The lowest BCUT2D eigenvalue weighted by atomic mass is 9.96. The number of carbonyl (C=O) groups is 2. The first-order valence-corrected chi connectivity index (χ1v) is 10.6. The number of carbonyl (C=O) groups excluding carboxylic acids is 2. The maximum Gasteiger partial charge on any atom is 0.130 e. The molecule has 0 heterocycles. The fraction of sp³-hybridized carbons (Fsp3) is 0.364. The van der Waals surface area contributed by atoms with E-state index in [0.717, 1.165) is 4.47 Å². The summed E-state index contributed by atoms with van der Waals surface area (Å²) in [6, 6.07) is 16.5. The first-order valence-electron chi connectivity index (χ1n) is 8.68. The average molecular weight is 529 g/mol. The Balaban J connectivity index is 0.000000260. The molecule has 2 unspecified atom stereocenters. The number of benzene rings is 2. The third-order valence-corrected chi connectivity index (χ3v) is 5.31. The van der Waals surface area contributed by atoms with E-state index in [1.165, 1.54) is 14.7 Å². The van der Waals surface area contributed by atoms with Gasteiger partial charge in [0.25, 0.3) is 0 Å². The first kappa shape index (κ1) is 23.0. The zero-order chi connectivity index (χ0) is 19.7. The fourth-order valence-electron chi connectivity index (χ4n) is 2.68. The van der Waals surface area contributed by atoms with Gasteiger partial charge < -0.3 is 9.59 Å². The number of ketones is 2. The van der Waals surface area contributed by atoms with Gasteiger partial charge in [-0.15, -0.1) is 0 Å². The molecule has 4 heteroatoms. The molecule has 2 aromatic rings. The Morgan fingerprint density at radius 2 is 1.15 bits per heavy atom. The number of halogens is 2. The second-order valence-corrected chi connectivity index (χ2v) is 8.88. The van der Waals surface area contributed by atoms with Gasteiger partial charge in [0.05, 0.1) is 0 Å². The summed E-state index contributed by atoms with van der Waals surface area (Å²) in [6.45, 7) is 7.44. The fourth-order valence-corrected chi connectivity index (χ4v) is 3.30. The lowest BCUT2D eigenvalue weighted by Crippen LogP contribution is -1.99. The van der Waals surface area contributed by atoms with Crippen LogP contribution in [-0.2, 0) is 9.59 Å². The third-order valence-electron chi connectivity index (χ3n) is 4.07. The van der Waals surface area contributed by atoms with E-state index in [1.54, 1.807) is 13.8 Å². The Kier molecular flexibility index (Phi) is 10.3. The molecule has 0 aliphatic heterocycles. The molecule has 2 rings (SSSR count). The molecule has 0 aromatic heterocycles. The summed E-state index contributed by atoms with van der Waals surface area (Å²) in [5, 5.41) is 0. The van der Waals surface area contributed by atoms with Gasteiger partial charge in [0.1, 0.15) is 11.6 Å². The van der Waals surface area contributed by atoms with Crippen LogP contribution < -0.4 is 0 Å². The molecular weight excluding hydrogens is 503 g/mol. The molecule has 0 saturated heterocycles. The SMILES string of the molecule is CC(=O)CC(C)c1ccc(Br)cc1.CC(=O)CC(C)c1ccc(I)cc1. The molecule has 0 aliphatic carbocycles. The summed E-state index contributed by atoms with van der Waals surface area (Å²) >= 11 is 5.66. The van der Waals surface area contributed by atoms with Crippen molar-refractivity contribution in [3.8, 4) is 0 Å². The molecule has 0 spiro atoms. The summed E-state index contributed by atoms with van der Waals surface area (Å²) in [4.78, 5) is 21.8. The monoisotopic (exact) mass is 528 g/mol. The van der Waals surface area contributed by atoms with Crippen LogP contribution in [0.5, 0.6) is 0 Å². The van der Waals surface area contributed by atoms with E-state index < -0.39 is 0 Å². The maximum atomic E-state index is 10.9. The molecular formula is C22H26BrIO2. The van der Waals surface area contributed by atoms with Crippen molar-refractivity contribution >= 4 is 50.1 Å². The predicted octanol–water partition coefficient (Wildman–Crippen LogP) is 6.91. The Labute approximate surface area is 179 Å². The van der Waals surface area contributed by atoms with Gasteiger partial charge in [-0.2, -0.15) is 0 Å². The summed E-state index contributed by atoms with van der Waals surface area (Å²) in [7, 11) is 0. The molecule has 2 atom stereocenters. The summed E-state index contributed by atoms with van der Waals surface area (Å²) in [6.07, 6.45) is 1.27. The number of hydrogen-bond acceptors (Lipinski definition) is 2. The second-order valence-electron chi connectivity index (χ2n) is 6.72. The van der Waals surface area contributed by atoms with Crippen molar-refractivity contribution in [2.45, 2.75) is 52.4 Å². The molecule has 2 aromatic carbocycles. The normalized spacial score (nSPS) is 12.5. The van der Waals surface area contributed by atoms with E-state index in [1.807, 2.05) is 12.1 Å². The van der Waals surface area contributed by atoms with Gasteiger partial charge >= 0.3 is 0 Å². The topological polar surface area (TPSA) is 34.1 Å². The van der Waals surface area contributed by atoms with Crippen LogP contribution in [0.3, 0.4) is 0 Å². The highest BCUT2D eigenvalue weighted by Gasteiger charge is 2.08. The Morgan fingerprint density at radius 1 is 0.808 bits per heavy atom. The molecule has 140 valence electrons. The van der Waals surface area contributed by atoms with Crippen LogP contribution in [0.25, 0.3) is 0 Å². The van der Waals surface area contributed by atoms with Crippen molar-refractivity contribution in [2.75, 3.05) is 0 Å². The van der Waals surface area contributed by atoms with E-state index >= 15 is 0 Å². The van der Waals surface area contributed by atoms with Gasteiger partial charge in [-0.05, 0) is 83.7 Å². The van der Waals surface area contributed by atoms with Crippen LogP contribution in [0.15, 0.2) is 53.0 Å². The van der Waals surface area contributed by atoms with Crippen LogP contribution >= 0.6 is 38.5 Å². The van der Waals surface area contributed by atoms with Crippen LogP contribution in [0.1, 0.15) is 63.5 Å². The molecule has 2 nitrogen and oxygen atoms in total. The van der Waals surface area contributed by atoms with Crippen LogP contribution in [0.4, 0.5) is 0 Å². The zero-order valence-corrected chi connectivity index (χ0v) is 19.5. The van der Waals surface area contributed by atoms with Crippen molar-refractivity contribution in [3.05, 3.63) is 67.7 Å². The van der Waals surface area contributed by atoms with Gasteiger partial charge in [0, 0.05) is 20.9 Å². The maximum absolute atomic E-state index is 10.9. The van der Waals surface area contributed by atoms with Crippen molar-refractivity contribution in [1.82, 2.24) is 0 Å². The van der Waals surface area contributed by atoms with E-state index in [9.17, 15) is 9.59 Å². The minimum absolute atomic E-state index is 0.246. The molecule has 0 bridgehead atoms. The van der Waals surface area contributed by atoms with E-state index in [2.05, 4.69) is 88.8 Å². The number of rotatable bonds is 6. The van der Waals surface area contributed by atoms with Crippen molar-refractivity contribution < 1.29 is 9.59 Å². The molecule has 0 N–H and O–H groups in total. The highest BCUT2D eigenvalue weighted by atomic mass is 127. The molecule has 0 saturated carbocycles. The zero-order valence-electron chi connectivity index (χ0n) is 15.8. The van der Waals surface area contributed by atoms with Crippen molar-refractivity contribution in [3.63, 3.8) is 0 Å². The van der Waals surface area contributed by atoms with Gasteiger partial charge in [-0.1, -0.05) is 54.0 Å². The Morgan fingerprint density at radius 3 is 1.50 bits per heavy atom. The first-order chi connectivity index (χ1) is 12.2. The van der Waals surface area contributed by atoms with Gasteiger partial charge in [-0.25, -0.2) is 0 Å². The van der Waals surface area contributed by atoms with Crippen molar-refractivity contribution in [1.29, 1.82) is 0 Å². The van der Waals surface area contributed by atoms with Crippen LogP contribution in [0.2, 0.25) is 0 Å². The standard InChI is InChI=1S/C11H13BrO.C11H13IO/c2*1-8(7-9(2)13)10-3-5-11(12)6-4-10/h2*3-6,8H,7H2,1-2H3. The van der Waals surface area contributed by atoms with Crippen molar-refractivity contribution in [2.24, 2.45) is 0 Å². The molecule has 0 fully saturated rings. The summed E-state index contributed by atoms with van der Waals surface area (Å²) < 4.78 is 2.31. The van der Waals surface area contributed by atoms with Crippen LogP contribution in [-0.4, -0.2) is 11.6 Å². The second kappa shape index (κ2) is 11.7. The van der Waals surface area contributed by atoms with E-state index in [-0.39, 0.29) is 11.6 Å². The highest BCUT2D eigenvalue weighted by Crippen LogP contribution is 2.21. The molecule has 0 aliphatic rings. The lowest BCUT2D eigenvalue weighted by molar-refractivity contribution is -0.118. The number of Topliss-reactive ketones (excluding diaryl/α,β-unsaturated/α-hetero) is 2. The highest BCUT2D eigenvalue weighted by molar-refractivity contribution is 14.1. The lowest BCUT2D eigenvalue weighted by Gasteiger charge is -2.09. The Hall–Kier alpha value is -1.01. The number of hydrogen-bond donors (Lipinski definition) is 0. The Bertz CT molecular complexity index is 644. The van der Waals surface area contributed by atoms with Gasteiger partial charge in [0.15, 0.2) is 0 Å².